The minimum Gasteiger partial charge on any atom is -0.388 e. The summed E-state index contributed by atoms with van der Waals surface area (Å²) >= 11 is 0. The third-order valence-electron chi connectivity index (χ3n) is 2.81. The molecule has 18 heavy (non-hydrogen) atoms. The Hall–Kier alpha value is -1.73. The van der Waals surface area contributed by atoms with Gasteiger partial charge in [-0.05, 0) is 6.07 Å². The number of aliphatic hydroxyl groups is 1. The van der Waals surface area contributed by atoms with Crippen LogP contribution >= 0.6 is 0 Å². The van der Waals surface area contributed by atoms with Crippen LogP contribution in [0.4, 0.5) is 5.82 Å². The van der Waals surface area contributed by atoms with Crippen molar-refractivity contribution in [1.29, 1.82) is 0 Å². The molecule has 7 heteroatoms. The predicted octanol–water partition coefficient (Wildman–Crippen LogP) is -0.273. The van der Waals surface area contributed by atoms with Crippen molar-refractivity contribution in [3.05, 3.63) is 22.7 Å². The summed E-state index contributed by atoms with van der Waals surface area (Å²) in [5.74, 6) is -0.147. The van der Waals surface area contributed by atoms with Crippen LogP contribution in [-0.2, 0) is 9.53 Å². The molecular formula is C11H15N3O4. The molecule has 2 rings (SSSR count). The Morgan fingerprint density at radius 2 is 2.39 bits per heavy atom. The minimum absolute atomic E-state index is 0.0306. The van der Waals surface area contributed by atoms with Gasteiger partial charge in [-0.3, -0.25) is 9.36 Å². The molecule has 1 aliphatic rings. The molecule has 2 N–H and O–H groups in total. The monoisotopic (exact) mass is 253 g/mol. The van der Waals surface area contributed by atoms with Crippen LogP contribution in [0, 0.1) is 5.92 Å². The van der Waals surface area contributed by atoms with Gasteiger partial charge in [0.05, 0.1) is 6.61 Å². The van der Waals surface area contributed by atoms with Crippen molar-refractivity contribution in [3.8, 4) is 0 Å². The van der Waals surface area contributed by atoms with E-state index in [1.165, 1.54) is 23.8 Å². The van der Waals surface area contributed by atoms with Gasteiger partial charge in [-0.2, -0.15) is 4.98 Å². The standard InChI is InChI=1S/C11H15N3O4/c1-6-5-18-10(9(6)16)14-4-3-8(12-7(2)15)13-11(14)17/h3-4,6,9-10,16H,5H2,1-2H3,(H,12,13,15,17)/t6?,9-,10+/m0/s1. The number of nitrogens with one attached hydrogen (secondary N) is 1. The SMILES string of the molecule is CC(=O)Nc1ccn([C@@H]2OCC(C)[C@@H]2O)c(=O)n1. The Balaban J connectivity index is 2.25. The van der Waals surface area contributed by atoms with Gasteiger partial charge in [0, 0.05) is 19.0 Å². The Labute approximate surface area is 103 Å². The van der Waals surface area contributed by atoms with Gasteiger partial charge in [0.1, 0.15) is 11.9 Å². The molecule has 1 aliphatic heterocycles. The van der Waals surface area contributed by atoms with Crippen LogP contribution in [0.25, 0.3) is 0 Å². The van der Waals surface area contributed by atoms with E-state index in [1.54, 1.807) is 0 Å². The number of ether oxygens (including phenoxy) is 1. The summed E-state index contributed by atoms with van der Waals surface area (Å²) in [7, 11) is 0. The van der Waals surface area contributed by atoms with E-state index >= 15 is 0 Å². The lowest BCUT2D eigenvalue weighted by Crippen LogP contribution is -2.33. The molecule has 0 saturated carbocycles. The van der Waals surface area contributed by atoms with Gasteiger partial charge in [0.25, 0.3) is 0 Å². The molecule has 2 heterocycles. The molecule has 1 aromatic rings. The van der Waals surface area contributed by atoms with Gasteiger partial charge in [-0.15, -0.1) is 0 Å². The summed E-state index contributed by atoms with van der Waals surface area (Å²) in [5.41, 5.74) is -0.570. The second-order valence-corrected chi connectivity index (χ2v) is 4.38. The van der Waals surface area contributed by atoms with Crippen molar-refractivity contribution in [1.82, 2.24) is 9.55 Å². The van der Waals surface area contributed by atoms with Gasteiger partial charge in [0.15, 0.2) is 6.23 Å². The van der Waals surface area contributed by atoms with Gasteiger partial charge in [0.2, 0.25) is 5.91 Å². The maximum Gasteiger partial charge on any atom is 0.351 e. The summed E-state index contributed by atoms with van der Waals surface area (Å²) in [4.78, 5) is 26.3. The number of aromatic nitrogens is 2. The fourth-order valence-electron chi connectivity index (χ4n) is 1.83. The molecule has 1 saturated heterocycles. The summed E-state index contributed by atoms with van der Waals surface area (Å²) in [5, 5.41) is 12.3. The molecule has 0 aliphatic carbocycles. The van der Waals surface area contributed by atoms with Crippen molar-refractivity contribution in [3.63, 3.8) is 0 Å². The van der Waals surface area contributed by atoms with E-state index in [2.05, 4.69) is 10.3 Å². The average Bonchev–Trinajstić information content (AvgIpc) is 2.60. The largest absolute Gasteiger partial charge is 0.388 e. The number of hydrogen-bond acceptors (Lipinski definition) is 5. The Morgan fingerprint density at radius 1 is 1.67 bits per heavy atom. The van der Waals surface area contributed by atoms with Crippen LogP contribution in [0.2, 0.25) is 0 Å². The number of nitrogens with zero attached hydrogens (tertiary/aromatic N) is 2. The van der Waals surface area contributed by atoms with E-state index in [-0.39, 0.29) is 17.6 Å². The second kappa shape index (κ2) is 4.87. The molecule has 0 aromatic carbocycles. The van der Waals surface area contributed by atoms with E-state index < -0.39 is 18.0 Å². The van der Waals surface area contributed by atoms with E-state index in [4.69, 9.17) is 4.74 Å². The molecular weight excluding hydrogens is 238 g/mol. The lowest BCUT2D eigenvalue weighted by Gasteiger charge is -2.17. The molecule has 1 aromatic heterocycles. The summed E-state index contributed by atoms with van der Waals surface area (Å²) in [6.45, 7) is 3.57. The molecule has 7 nitrogen and oxygen atoms in total. The van der Waals surface area contributed by atoms with Gasteiger partial charge >= 0.3 is 5.69 Å². The number of hydrogen-bond donors (Lipinski definition) is 2. The van der Waals surface area contributed by atoms with Crippen molar-refractivity contribution in [2.45, 2.75) is 26.2 Å². The quantitative estimate of drug-likeness (QED) is 0.756. The smallest absolute Gasteiger partial charge is 0.351 e. The molecule has 0 spiro atoms. The van der Waals surface area contributed by atoms with Crippen LogP contribution in [0.3, 0.4) is 0 Å². The molecule has 98 valence electrons. The van der Waals surface area contributed by atoms with E-state index in [0.717, 1.165) is 0 Å². The van der Waals surface area contributed by atoms with Crippen molar-refractivity contribution in [2.75, 3.05) is 11.9 Å². The van der Waals surface area contributed by atoms with Crippen molar-refractivity contribution >= 4 is 11.7 Å². The first-order valence-electron chi connectivity index (χ1n) is 5.65. The lowest BCUT2D eigenvalue weighted by atomic mass is 10.1. The first kappa shape index (κ1) is 12.7. The minimum atomic E-state index is -0.740. The molecule has 0 bridgehead atoms. The molecule has 3 atom stereocenters. The highest BCUT2D eigenvalue weighted by Crippen LogP contribution is 2.26. The maximum atomic E-state index is 11.8. The predicted molar refractivity (Wildman–Crippen MR) is 63.0 cm³/mol. The summed E-state index contributed by atoms with van der Waals surface area (Å²) < 4.78 is 6.57. The van der Waals surface area contributed by atoms with Crippen LogP contribution in [0.1, 0.15) is 20.1 Å². The highest BCUT2D eigenvalue weighted by atomic mass is 16.5. The van der Waals surface area contributed by atoms with Crippen molar-refractivity contribution in [2.24, 2.45) is 5.92 Å². The molecule has 1 fully saturated rings. The number of carbonyl (C=O) groups is 1. The van der Waals surface area contributed by atoms with E-state index in [1.807, 2.05) is 6.92 Å². The van der Waals surface area contributed by atoms with Crippen LogP contribution < -0.4 is 11.0 Å². The van der Waals surface area contributed by atoms with Crippen molar-refractivity contribution < 1.29 is 14.6 Å². The fourth-order valence-corrected chi connectivity index (χ4v) is 1.83. The zero-order chi connectivity index (χ0) is 13.3. The Kier molecular flexibility index (Phi) is 3.44. The lowest BCUT2D eigenvalue weighted by molar-refractivity contribution is -0.114. The van der Waals surface area contributed by atoms with E-state index in [0.29, 0.717) is 6.61 Å². The topological polar surface area (TPSA) is 93.5 Å². The summed E-state index contributed by atoms with van der Waals surface area (Å²) in [6.07, 6.45) is -0.00510. The maximum absolute atomic E-state index is 11.8. The number of anilines is 1. The zero-order valence-electron chi connectivity index (χ0n) is 10.2. The average molecular weight is 253 g/mol. The third-order valence-corrected chi connectivity index (χ3v) is 2.81. The number of aliphatic hydroxyl groups excluding tert-OH is 1. The van der Waals surface area contributed by atoms with Gasteiger partial charge < -0.3 is 15.2 Å². The number of carbonyl (C=O) groups excluding carboxylic acids is 1. The number of amides is 1. The highest BCUT2D eigenvalue weighted by molar-refractivity contribution is 5.87. The highest BCUT2D eigenvalue weighted by Gasteiger charge is 2.34. The molecule has 0 radical (unpaired) electrons. The van der Waals surface area contributed by atoms with Crippen LogP contribution in [0.5, 0.6) is 0 Å². The Bertz CT molecular complexity index is 513. The van der Waals surface area contributed by atoms with Crippen LogP contribution in [0.15, 0.2) is 17.1 Å². The Morgan fingerprint density at radius 3 is 2.89 bits per heavy atom. The zero-order valence-corrected chi connectivity index (χ0v) is 10.2. The van der Waals surface area contributed by atoms with Gasteiger partial charge in [-0.1, -0.05) is 6.92 Å². The van der Waals surface area contributed by atoms with E-state index in [9.17, 15) is 14.7 Å². The number of rotatable bonds is 2. The van der Waals surface area contributed by atoms with Crippen LogP contribution in [-0.4, -0.2) is 33.3 Å². The molecule has 1 unspecified atom stereocenters. The third kappa shape index (κ3) is 2.41. The first-order valence-corrected chi connectivity index (χ1v) is 5.65. The second-order valence-electron chi connectivity index (χ2n) is 4.38. The summed E-state index contributed by atoms with van der Waals surface area (Å²) in [6, 6.07) is 1.49. The molecule has 1 amide bonds. The normalized spacial score (nSPS) is 27.2. The first-order chi connectivity index (χ1) is 8.49. The van der Waals surface area contributed by atoms with Gasteiger partial charge in [-0.25, -0.2) is 4.79 Å². The fraction of sp³-hybridized carbons (Fsp3) is 0.545.